The summed E-state index contributed by atoms with van der Waals surface area (Å²) >= 11 is -1.01. The summed E-state index contributed by atoms with van der Waals surface area (Å²) in [5.74, 6) is -63.6. The molecule has 7 nitrogen and oxygen atoms in total. The van der Waals surface area contributed by atoms with Gasteiger partial charge in [-0.05, 0) is 12.1 Å². The van der Waals surface area contributed by atoms with Crippen molar-refractivity contribution in [1.29, 1.82) is 0 Å². The van der Waals surface area contributed by atoms with Gasteiger partial charge in [0, 0.05) is 0 Å². The zero-order valence-corrected chi connectivity index (χ0v) is 33.4. The normalized spacial score (nSPS) is 20.3. The molecule has 0 N–H and O–H groups in total. The Morgan fingerprint density at radius 1 is 0.276 bits per heavy atom. The molecule has 49 heteroatoms. The third-order valence-corrected chi connectivity index (χ3v) is 9.08. The third-order valence-electron chi connectivity index (χ3n) is 7.96. The van der Waals surface area contributed by atoms with E-state index in [1.165, 1.54) is 0 Å². The van der Waals surface area contributed by atoms with E-state index in [-0.39, 0.29) is 0 Å². The molecule has 0 saturated carbocycles. The van der Waals surface area contributed by atoms with Crippen molar-refractivity contribution in [2.75, 3.05) is 0 Å². The van der Waals surface area contributed by atoms with Crippen LogP contribution in [0, 0.1) is 0 Å². The van der Waals surface area contributed by atoms with Crippen LogP contribution in [-0.4, -0.2) is 120 Å². The topological polar surface area (TPSA) is 68.3 Å². The fourth-order valence-corrected chi connectivity index (χ4v) is 5.27. The first-order valence-corrected chi connectivity index (χ1v) is 17.2. The molecule has 0 spiro atoms. The lowest BCUT2D eigenvalue weighted by molar-refractivity contribution is -0.605. The number of hydrogen-bond donors (Lipinski definition) is 0. The highest BCUT2D eigenvalue weighted by Crippen LogP contribution is 2.64. The molecule has 0 aliphatic heterocycles. The maximum Gasteiger partial charge on any atom is 0.462 e. The average molecular weight is 1250 g/mol. The molecule has 0 bridgehead atoms. The second-order valence-corrected chi connectivity index (χ2v) is 14.4. The third kappa shape index (κ3) is 11.0. The van der Waals surface area contributed by atoms with Crippen molar-refractivity contribution in [3.63, 3.8) is 0 Å². The smallest absolute Gasteiger partial charge is 0.264 e. The molecular weight excluding hydrogens is 1250 g/mol. The Morgan fingerprint density at radius 2 is 0.513 bits per heavy atom. The molecule has 0 fully saturated rings. The van der Waals surface area contributed by atoms with Gasteiger partial charge in [0.05, 0.1) is 10.2 Å². The van der Waals surface area contributed by atoms with Crippen LogP contribution >= 0.6 is 11.3 Å². The van der Waals surface area contributed by atoms with Gasteiger partial charge in [-0.25, -0.2) is 4.98 Å². The number of alkyl halides is 41. The summed E-state index contributed by atoms with van der Waals surface area (Å²) in [6.45, 7) is 0. The zero-order valence-electron chi connectivity index (χ0n) is 32.6. The van der Waals surface area contributed by atoms with Gasteiger partial charge in [0.15, 0.2) is 5.01 Å². The van der Waals surface area contributed by atoms with Gasteiger partial charge in [0.25, 0.3) is 0 Å². The molecule has 6 atom stereocenters. The Labute approximate surface area is 386 Å². The molecule has 0 radical (unpaired) electrons. The van der Waals surface area contributed by atoms with Crippen molar-refractivity contribution in [1.82, 2.24) is 4.98 Å². The molecule has 2 rings (SSSR count). The lowest BCUT2D eigenvalue weighted by atomic mass is 10.2. The Morgan fingerprint density at radius 3 is 0.737 bits per heavy atom. The molecule has 0 saturated heterocycles. The van der Waals surface area contributed by atoms with Crippen LogP contribution in [0.5, 0.6) is 0 Å². The maximum atomic E-state index is 15.3. The highest BCUT2D eigenvalue weighted by molar-refractivity contribution is 7.18. The van der Waals surface area contributed by atoms with Gasteiger partial charge in [-0.3, -0.25) is 28.4 Å². The number of rotatable bonds is 19. The monoisotopic (exact) mass is 1250 g/mol. The Balaban J connectivity index is 2.96. The Hall–Kier alpha value is -4.00. The summed E-state index contributed by atoms with van der Waals surface area (Å²) in [5.41, 5.74) is -1.08. The fourth-order valence-electron chi connectivity index (χ4n) is 4.26. The second kappa shape index (κ2) is 18.5. The standard InChI is InChI=1S/C27H4F41NO6S/c28-8(15(36,37)38,7-69-5-3-1-2-4-6(5)76-7)70-23(59,60)10(31,17(42,43)44)72-25(63,64)12(33,19(48,49)50)74-27(67,68)14(35,21(54,55)56)75-26(65,66)13(34,20(51,52)53)73-24(61,62)11(32,18(45,46)47)71-22(57,58)9(29,30)16(39,40)41/h1-4H. The minimum Gasteiger partial charge on any atom is -0.264 e. The van der Waals surface area contributed by atoms with E-state index in [9.17, 15) is 167 Å². The van der Waals surface area contributed by atoms with Crippen LogP contribution in [0.1, 0.15) is 5.01 Å². The van der Waals surface area contributed by atoms with Crippen molar-refractivity contribution < 1.29 is 208 Å². The predicted molar refractivity (Wildman–Crippen MR) is 145 cm³/mol. The highest BCUT2D eigenvalue weighted by atomic mass is 32.1. The van der Waals surface area contributed by atoms with Gasteiger partial charge in [-0.2, -0.15) is 180 Å². The minimum absolute atomic E-state index is 0.446. The van der Waals surface area contributed by atoms with Gasteiger partial charge >= 0.3 is 121 Å². The molecule has 0 amide bonds. The van der Waals surface area contributed by atoms with Crippen molar-refractivity contribution >= 4 is 21.6 Å². The Kier molecular flexibility index (Phi) is 16.6. The number of hydrogen-bond acceptors (Lipinski definition) is 8. The largest absolute Gasteiger partial charge is 0.462 e. The van der Waals surface area contributed by atoms with E-state index in [1.807, 2.05) is 4.74 Å². The number of halogens is 41. The molecule has 1 aromatic carbocycles. The number of aromatic nitrogens is 1. The van der Waals surface area contributed by atoms with Crippen LogP contribution in [0.4, 0.5) is 180 Å². The fraction of sp³-hybridized carbons (Fsp3) is 0.741. The lowest BCUT2D eigenvalue weighted by Crippen LogP contribution is -2.73. The van der Waals surface area contributed by atoms with Crippen molar-refractivity contribution in [2.45, 2.75) is 121 Å². The number of thiazole rings is 1. The summed E-state index contributed by atoms with van der Waals surface area (Å²) in [7, 11) is 0. The summed E-state index contributed by atoms with van der Waals surface area (Å²) in [5, 5.41) is -2.90. The number of nitrogens with zero attached hydrogens (tertiary/aromatic N) is 1. The molecule has 6 unspecified atom stereocenters. The lowest BCUT2D eigenvalue weighted by Gasteiger charge is -2.45. The summed E-state index contributed by atoms with van der Waals surface area (Å²) in [6, 6.07) is 2.39. The maximum absolute atomic E-state index is 15.3. The predicted octanol–water partition coefficient (Wildman–Crippen LogP) is 15.0. The minimum atomic E-state index is -9.87. The number of benzene rings is 1. The molecule has 2 aromatic rings. The van der Waals surface area contributed by atoms with E-state index in [4.69, 9.17) is 0 Å². The van der Waals surface area contributed by atoms with Crippen molar-refractivity contribution in [3.05, 3.63) is 29.3 Å². The van der Waals surface area contributed by atoms with E-state index >= 15 is 13.2 Å². The molecular formula is C27H4F41NO6S. The first-order valence-electron chi connectivity index (χ1n) is 16.4. The van der Waals surface area contributed by atoms with Gasteiger partial charge in [0.1, 0.15) is 0 Å². The molecule has 0 aliphatic carbocycles. The second-order valence-electron chi connectivity index (χ2n) is 13.3. The molecule has 1 heterocycles. The van der Waals surface area contributed by atoms with Gasteiger partial charge in [0.2, 0.25) is 0 Å². The summed E-state index contributed by atoms with van der Waals surface area (Å²) < 4.78 is 574. The van der Waals surface area contributed by atoms with Crippen LogP contribution in [-0.2, 0) is 34.3 Å². The van der Waals surface area contributed by atoms with E-state index in [0.717, 1.165) is 20.3 Å². The Bertz CT molecular complexity index is 2330. The number of para-hydroxylation sites is 1. The van der Waals surface area contributed by atoms with Crippen LogP contribution in [0.15, 0.2) is 24.3 Å². The first kappa shape index (κ1) is 68.1. The van der Waals surface area contributed by atoms with E-state index in [1.54, 1.807) is 0 Å². The summed E-state index contributed by atoms with van der Waals surface area (Å²) in [6.07, 6.45) is -118. The van der Waals surface area contributed by atoms with E-state index in [2.05, 4.69) is 4.98 Å². The quantitative estimate of drug-likeness (QED) is 0.130. The van der Waals surface area contributed by atoms with Crippen LogP contribution in [0.3, 0.4) is 0 Å². The van der Waals surface area contributed by atoms with Gasteiger partial charge in [-0.15, -0.1) is 11.3 Å². The SMILES string of the molecule is FC(F)(F)C(F)(OC(F)(F)C(F)(OC(F)(F)C(F)(OC(F)(F)C(F)(OC(F)(F)C(F)(OC(F)(F)C(F)(OC(F)(F)C(F)(F)C(F)(F)F)C(F)(F)F)C(F)(F)F)C(F)(F)F)C(F)(F)F)C(F)(F)F)c1nc2ccccc2s1. The van der Waals surface area contributed by atoms with Gasteiger partial charge < -0.3 is 0 Å². The molecule has 446 valence electrons. The summed E-state index contributed by atoms with van der Waals surface area (Å²) in [4.78, 5) is 2.51. The zero-order chi connectivity index (χ0) is 61.2. The average Bonchev–Trinajstić information content (AvgIpc) is 3.58. The van der Waals surface area contributed by atoms with Crippen LogP contribution < -0.4 is 0 Å². The molecule has 1 aromatic heterocycles. The van der Waals surface area contributed by atoms with E-state index < -0.39 is 147 Å². The highest BCUT2D eigenvalue weighted by Gasteiger charge is 2.92. The van der Waals surface area contributed by atoms with Gasteiger partial charge in [-0.1, -0.05) is 12.1 Å². The van der Waals surface area contributed by atoms with E-state index in [0.29, 0.717) is 27.7 Å². The van der Waals surface area contributed by atoms with Crippen molar-refractivity contribution in [3.8, 4) is 0 Å². The van der Waals surface area contributed by atoms with Crippen LogP contribution in [0.25, 0.3) is 10.2 Å². The number of ether oxygens (including phenoxy) is 6. The molecule has 0 aliphatic rings. The number of fused-ring (bicyclic) bond motifs is 1. The molecule has 76 heavy (non-hydrogen) atoms. The van der Waals surface area contributed by atoms with Crippen molar-refractivity contribution in [2.24, 2.45) is 0 Å². The first-order chi connectivity index (χ1) is 32.6. The van der Waals surface area contributed by atoms with Crippen LogP contribution in [0.2, 0.25) is 0 Å².